The molecule has 5 heteroatoms. The Morgan fingerprint density at radius 2 is 1.09 bits per heavy atom. The molecule has 0 aliphatic carbocycles. The van der Waals surface area contributed by atoms with E-state index in [4.69, 9.17) is 9.72 Å². The van der Waals surface area contributed by atoms with Crippen molar-refractivity contribution in [2.75, 3.05) is 0 Å². The fourth-order valence-electron chi connectivity index (χ4n) is 7.75. The number of hydrogen-bond donors (Lipinski definition) is 0. The van der Waals surface area contributed by atoms with Crippen molar-refractivity contribution < 1.29 is 9.30 Å². The Morgan fingerprint density at radius 3 is 1.75 bits per heavy atom. The first-order chi connectivity index (χ1) is 26.8. The Hall–Kier alpha value is -5.68. The van der Waals surface area contributed by atoms with Crippen LogP contribution in [0.1, 0.15) is 105 Å². The molecule has 3 heterocycles. The smallest absolute Gasteiger partial charge is 0.255 e. The summed E-state index contributed by atoms with van der Waals surface area (Å²) in [5, 5.41) is 2.37. The van der Waals surface area contributed by atoms with Crippen molar-refractivity contribution in [2.24, 2.45) is 0 Å². The van der Waals surface area contributed by atoms with E-state index < -0.39 is 0 Å². The molecule has 0 fully saturated rings. The van der Waals surface area contributed by atoms with Crippen LogP contribution >= 0.6 is 0 Å². The third-order valence-electron chi connectivity index (χ3n) is 11.3. The van der Waals surface area contributed by atoms with Gasteiger partial charge in [0.15, 0.2) is 11.0 Å². The Labute approximate surface area is 338 Å². The highest BCUT2D eigenvalue weighted by Gasteiger charge is 2.26. The molecule has 8 rings (SSSR count). The Kier molecular flexibility index (Phi) is 9.03. The molecular formula is C52H57N4O+. The van der Waals surface area contributed by atoms with E-state index in [-0.39, 0.29) is 21.7 Å². The van der Waals surface area contributed by atoms with Gasteiger partial charge in [-0.15, -0.1) is 0 Å². The van der Waals surface area contributed by atoms with Crippen molar-refractivity contribution in [3.05, 3.63) is 150 Å². The van der Waals surface area contributed by atoms with Crippen molar-refractivity contribution in [1.29, 1.82) is 0 Å². The van der Waals surface area contributed by atoms with Crippen LogP contribution in [-0.4, -0.2) is 14.1 Å². The number of fused-ring (bicyclic) bond motifs is 4. The molecule has 0 spiro atoms. The summed E-state index contributed by atoms with van der Waals surface area (Å²) in [6.07, 6.45) is 4.15. The third-order valence-corrected chi connectivity index (χ3v) is 11.3. The predicted molar refractivity (Wildman–Crippen MR) is 238 cm³/mol. The van der Waals surface area contributed by atoms with E-state index in [9.17, 15) is 0 Å². The molecule has 5 nitrogen and oxygen atoms in total. The summed E-state index contributed by atoms with van der Waals surface area (Å²) in [5.41, 5.74) is 11.9. The Bertz CT molecular complexity index is 2770. The highest BCUT2D eigenvalue weighted by Crippen LogP contribution is 2.38. The SMILES string of the molecule is CC(C)(C)c1cc(-[n+]2cn(-c3cccc(Oc4ccc5c6ccc(C(C)(C)C)cc6n(-c6cc(C(C)(C)C)ccn6)c5c4)c3)c3ccccc32)cc(C(C)(C)C)c1. The second-order valence-electron chi connectivity index (χ2n) is 19.9. The van der Waals surface area contributed by atoms with Gasteiger partial charge in [0.1, 0.15) is 28.7 Å². The minimum absolute atomic E-state index is 0.00555. The van der Waals surface area contributed by atoms with Gasteiger partial charge >= 0.3 is 0 Å². The summed E-state index contributed by atoms with van der Waals surface area (Å²) >= 11 is 0. The number of para-hydroxylation sites is 2. The van der Waals surface area contributed by atoms with Gasteiger partial charge in [0, 0.05) is 29.1 Å². The van der Waals surface area contributed by atoms with Crippen LogP contribution in [0, 0.1) is 0 Å². The van der Waals surface area contributed by atoms with E-state index in [2.05, 4.69) is 212 Å². The normalized spacial score (nSPS) is 12.9. The lowest BCUT2D eigenvalue weighted by molar-refractivity contribution is -0.567. The number of rotatable bonds is 5. The molecule has 0 aliphatic heterocycles. The standard InChI is InChI=1S/C52H57N4O/c1-49(2,3)34-20-22-42-43-23-21-41(32-47(43)56(46(42)29-34)48-30-35(24-25-53-48)50(4,5)6)57-40-17-15-16-38(31-40)54-33-55(45-19-14-13-18-44(45)54)39-27-36(51(7,8)9)26-37(28-39)52(10,11)12/h13-33H,1-12H3/q+1. The molecule has 0 aliphatic rings. The van der Waals surface area contributed by atoms with Crippen molar-refractivity contribution in [3.63, 3.8) is 0 Å². The van der Waals surface area contributed by atoms with Crippen molar-refractivity contribution in [1.82, 2.24) is 14.1 Å². The van der Waals surface area contributed by atoms with Gasteiger partial charge in [-0.25, -0.2) is 4.98 Å². The topological polar surface area (TPSA) is 35.9 Å². The zero-order valence-electron chi connectivity index (χ0n) is 35.8. The lowest BCUT2D eigenvalue weighted by Crippen LogP contribution is -2.31. The maximum absolute atomic E-state index is 6.75. The highest BCUT2D eigenvalue weighted by atomic mass is 16.5. The summed E-state index contributed by atoms with van der Waals surface area (Å²) in [5.74, 6) is 2.45. The molecule has 0 radical (unpaired) electrons. The quantitative estimate of drug-likeness (QED) is 0.164. The van der Waals surface area contributed by atoms with Crippen LogP contribution in [0.25, 0.3) is 50.0 Å². The number of ether oxygens (including phenoxy) is 1. The highest BCUT2D eigenvalue weighted by molar-refractivity contribution is 6.09. The predicted octanol–water partition coefficient (Wildman–Crippen LogP) is 13.4. The van der Waals surface area contributed by atoms with E-state index in [1.807, 2.05) is 12.3 Å². The number of aromatic nitrogens is 4. The average Bonchev–Trinajstić information content (AvgIpc) is 3.69. The van der Waals surface area contributed by atoms with E-state index >= 15 is 0 Å². The monoisotopic (exact) mass is 753 g/mol. The first kappa shape index (κ1) is 38.2. The van der Waals surface area contributed by atoms with Gasteiger partial charge in [-0.3, -0.25) is 4.57 Å². The fraction of sp³-hybridized carbons (Fsp3) is 0.308. The number of hydrogen-bond acceptors (Lipinski definition) is 2. The van der Waals surface area contributed by atoms with Crippen LogP contribution in [0.3, 0.4) is 0 Å². The van der Waals surface area contributed by atoms with Gasteiger partial charge in [-0.1, -0.05) is 119 Å². The van der Waals surface area contributed by atoms with Gasteiger partial charge in [0.05, 0.1) is 11.0 Å². The third kappa shape index (κ3) is 7.25. The molecule has 0 saturated heterocycles. The van der Waals surface area contributed by atoms with Crippen LogP contribution in [0.5, 0.6) is 11.5 Å². The van der Waals surface area contributed by atoms with Crippen molar-refractivity contribution >= 4 is 32.8 Å². The lowest BCUT2D eigenvalue weighted by atomic mass is 9.80. The van der Waals surface area contributed by atoms with Crippen LogP contribution in [0.15, 0.2) is 128 Å². The van der Waals surface area contributed by atoms with Gasteiger partial charge in [0.25, 0.3) is 6.33 Å². The van der Waals surface area contributed by atoms with Crippen molar-refractivity contribution in [3.8, 4) is 28.7 Å². The maximum atomic E-state index is 6.75. The minimum atomic E-state index is -0.0115. The summed E-state index contributed by atoms with van der Waals surface area (Å²) in [4.78, 5) is 4.95. The molecular weight excluding hydrogens is 697 g/mol. The largest absolute Gasteiger partial charge is 0.457 e. The summed E-state index contributed by atoms with van der Waals surface area (Å²) in [6, 6.07) is 41.8. The molecule has 57 heavy (non-hydrogen) atoms. The molecule has 0 unspecified atom stereocenters. The lowest BCUT2D eigenvalue weighted by Gasteiger charge is -2.25. The van der Waals surface area contributed by atoms with Gasteiger partial charge in [-0.2, -0.15) is 9.13 Å². The first-order valence-corrected chi connectivity index (χ1v) is 20.3. The molecule has 290 valence electrons. The molecule has 0 atom stereocenters. The molecule has 0 saturated carbocycles. The van der Waals surface area contributed by atoms with Crippen LogP contribution < -0.4 is 9.30 Å². The van der Waals surface area contributed by atoms with E-state index in [0.717, 1.165) is 50.8 Å². The molecule has 0 amide bonds. The van der Waals surface area contributed by atoms with Gasteiger partial charge < -0.3 is 4.74 Å². The zero-order valence-corrected chi connectivity index (χ0v) is 35.8. The maximum Gasteiger partial charge on any atom is 0.255 e. The van der Waals surface area contributed by atoms with Crippen LogP contribution in [0.2, 0.25) is 0 Å². The number of imidazole rings is 1. The van der Waals surface area contributed by atoms with Crippen molar-refractivity contribution in [2.45, 2.75) is 105 Å². The second kappa shape index (κ2) is 13.5. The molecule has 0 bridgehead atoms. The number of nitrogens with zero attached hydrogens (tertiary/aromatic N) is 4. The van der Waals surface area contributed by atoms with Gasteiger partial charge in [-0.05, 0) is 111 Å². The minimum Gasteiger partial charge on any atom is -0.457 e. The Balaban J connectivity index is 1.23. The fourth-order valence-corrected chi connectivity index (χ4v) is 7.75. The van der Waals surface area contributed by atoms with E-state index in [1.54, 1.807) is 0 Å². The van der Waals surface area contributed by atoms with E-state index in [1.165, 1.54) is 33.0 Å². The number of benzene rings is 5. The molecule has 0 N–H and O–H groups in total. The first-order valence-electron chi connectivity index (χ1n) is 20.3. The van der Waals surface area contributed by atoms with Gasteiger partial charge in [0.2, 0.25) is 0 Å². The molecule has 3 aromatic heterocycles. The number of pyridine rings is 1. The molecule has 5 aromatic carbocycles. The second-order valence-corrected chi connectivity index (χ2v) is 19.9. The van der Waals surface area contributed by atoms with E-state index in [0.29, 0.717) is 0 Å². The summed E-state index contributed by atoms with van der Waals surface area (Å²) in [7, 11) is 0. The molecule has 8 aromatic rings. The average molecular weight is 754 g/mol. The van der Waals surface area contributed by atoms with Crippen LogP contribution in [0.4, 0.5) is 0 Å². The Morgan fingerprint density at radius 1 is 0.491 bits per heavy atom. The summed E-state index contributed by atoms with van der Waals surface area (Å²) in [6.45, 7) is 27.3. The zero-order chi connectivity index (χ0) is 40.7. The summed E-state index contributed by atoms with van der Waals surface area (Å²) < 4.78 is 13.7. The van der Waals surface area contributed by atoms with Crippen LogP contribution in [-0.2, 0) is 21.7 Å².